The van der Waals surface area contributed by atoms with Crippen molar-refractivity contribution in [3.63, 3.8) is 0 Å². The molecule has 2 rings (SSSR count). The number of carboxylic acids is 1. The van der Waals surface area contributed by atoms with E-state index in [1.807, 2.05) is 0 Å². The predicted octanol–water partition coefficient (Wildman–Crippen LogP) is 1.96. The highest BCUT2D eigenvalue weighted by Crippen LogP contribution is 2.66. The monoisotopic (exact) mass is 277 g/mol. The molecular formula is C12H17F2NO4. The molecule has 2 fully saturated rings. The van der Waals surface area contributed by atoms with Crippen LogP contribution in [-0.2, 0) is 9.53 Å². The summed E-state index contributed by atoms with van der Waals surface area (Å²) >= 11 is 0. The molecular weight excluding hydrogens is 260 g/mol. The second kappa shape index (κ2) is 3.80. The quantitative estimate of drug-likeness (QED) is 0.838. The third-order valence-corrected chi connectivity index (χ3v) is 3.64. The zero-order valence-corrected chi connectivity index (χ0v) is 11.1. The molecule has 0 aromatic rings. The van der Waals surface area contributed by atoms with Gasteiger partial charge < -0.3 is 14.7 Å². The van der Waals surface area contributed by atoms with E-state index in [1.165, 1.54) is 4.90 Å². The summed E-state index contributed by atoms with van der Waals surface area (Å²) < 4.78 is 31.6. The number of alkyl halides is 2. The van der Waals surface area contributed by atoms with E-state index in [0.29, 0.717) is 0 Å². The minimum Gasteiger partial charge on any atom is -0.481 e. The van der Waals surface area contributed by atoms with E-state index in [2.05, 4.69) is 0 Å². The number of rotatable bonds is 2. The molecule has 0 aromatic carbocycles. The molecule has 19 heavy (non-hydrogen) atoms. The molecule has 0 spiro atoms. The molecule has 0 aromatic heterocycles. The van der Waals surface area contributed by atoms with E-state index < -0.39 is 41.3 Å². The van der Waals surface area contributed by atoms with Gasteiger partial charge in [-0.3, -0.25) is 4.79 Å². The molecule has 1 heterocycles. The summed E-state index contributed by atoms with van der Waals surface area (Å²) in [5, 5.41) is 8.97. The van der Waals surface area contributed by atoms with Gasteiger partial charge >= 0.3 is 12.1 Å². The Morgan fingerprint density at radius 2 is 1.79 bits per heavy atom. The van der Waals surface area contributed by atoms with E-state index in [0.717, 1.165) is 0 Å². The van der Waals surface area contributed by atoms with Crippen molar-refractivity contribution in [3.05, 3.63) is 0 Å². The first kappa shape index (κ1) is 14.0. The summed E-state index contributed by atoms with van der Waals surface area (Å²) in [5.41, 5.74) is -2.64. The second-order valence-electron chi connectivity index (χ2n) is 6.24. The lowest BCUT2D eigenvalue weighted by Gasteiger charge is -2.42. The number of carbonyl (C=O) groups is 2. The molecule has 0 radical (unpaired) electrons. The van der Waals surface area contributed by atoms with Gasteiger partial charge in [0, 0.05) is 25.4 Å². The van der Waals surface area contributed by atoms with Crippen LogP contribution < -0.4 is 0 Å². The Morgan fingerprint density at radius 3 is 2.11 bits per heavy atom. The van der Waals surface area contributed by atoms with E-state index in [9.17, 15) is 18.4 Å². The van der Waals surface area contributed by atoms with Crippen molar-refractivity contribution in [1.29, 1.82) is 0 Å². The first-order chi connectivity index (χ1) is 8.49. The Labute approximate surface area is 109 Å². The van der Waals surface area contributed by atoms with Crippen molar-refractivity contribution in [1.82, 2.24) is 4.90 Å². The van der Waals surface area contributed by atoms with Crippen molar-refractivity contribution in [2.45, 2.75) is 38.7 Å². The lowest BCUT2D eigenvalue weighted by atomic mass is 9.82. The van der Waals surface area contributed by atoms with Crippen LogP contribution in [0.4, 0.5) is 13.6 Å². The number of halogens is 2. The van der Waals surface area contributed by atoms with Crippen molar-refractivity contribution in [2.24, 2.45) is 11.3 Å². The van der Waals surface area contributed by atoms with Gasteiger partial charge in [-0.1, -0.05) is 0 Å². The third kappa shape index (κ3) is 2.15. The molecule has 0 bridgehead atoms. The molecule has 1 saturated carbocycles. The predicted molar refractivity (Wildman–Crippen MR) is 60.9 cm³/mol. The summed E-state index contributed by atoms with van der Waals surface area (Å²) in [6.45, 7) is 5.13. The Hall–Kier alpha value is -1.40. The van der Waals surface area contributed by atoms with Crippen molar-refractivity contribution in [3.8, 4) is 0 Å². The minimum atomic E-state index is -3.16. The zero-order chi connectivity index (χ0) is 14.6. The van der Waals surface area contributed by atoms with Gasteiger partial charge in [0.15, 0.2) is 0 Å². The highest BCUT2D eigenvalue weighted by atomic mass is 19.3. The smallest absolute Gasteiger partial charge is 0.410 e. The summed E-state index contributed by atoms with van der Waals surface area (Å²) in [5.74, 6) is -5.34. The first-order valence-electron chi connectivity index (χ1n) is 6.09. The van der Waals surface area contributed by atoms with Crippen LogP contribution in [0.2, 0.25) is 0 Å². The van der Waals surface area contributed by atoms with E-state index >= 15 is 0 Å². The van der Waals surface area contributed by atoms with Crippen LogP contribution in [0.5, 0.6) is 0 Å². The zero-order valence-electron chi connectivity index (χ0n) is 11.1. The molecule has 7 heteroatoms. The fourth-order valence-corrected chi connectivity index (χ4v) is 2.42. The molecule has 108 valence electrons. The molecule has 1 unspecified atom stereocenters. The maximum absolute atomic E-state index is 13.3. The van der Waals surface area contributed by atoms with Gasteiger partial charge in [-0.25, -0.2) is 13.6 Å². The molecule has 1 atom stereocenters. The van der Waals surface area contributed by atoms with Gasteiger partial charge in [0.25, 0.3) is 5.92 Å². The standard InChI is InChI=1S/C12H17F2NO4/c1-10(2,3)19-9(18)15-4-7(5-15)11(8(16)17)6-12(11,13)14/h7H,4-6H2,1-3H3,(H,16,17). The van der Waals surface area contributed by atoms with Crippen LogP contribution in [0.3, 0.4) is 0 Å². The summed E-state index contributed by atoms with van der Waals surface area (Å²) in [4.78, 5) is 23.9. The van der Waals surface area contributed by atoms with Gasteiger partial charge in [-0.2, -0.15) is 0 Å². The number of aliphatic carboxylic acids is 1. The van der Waals surface area contributed by atoms with Gasteiger partial charge in [-0.15, -0.1) is 0 Å². The number of nitrogens with zero attached hydrogens (tertiary/aromatic N) is 1. The van der Waals surface area contributed by atoms with E-state index in [-0.39, 0.29) is 13.1 Å². The van der Waals surface area contributed by atoms with Gasteiger partial charge in [0.05, 0.1) is 0 Å². The van der Waals surface area contributed by atoms with Crippen LogP contribution in [0.1, 0.15) is 27.2 Å². The van der Waals surface area contributed by atoms with Crippen LogP contribution >= 0.6 is 0 Å². The third-order valence-electron chi connectivity index (χ3n) is 3.64. The topological polar surface area (TPSA) is 66.8 Å². The van der Waals surface area contributed by atoms with Crippen molar-refractivity contribution >= 4 is 12.1 Å². The molecule has 5 nitrogen and oxygen atoms in total. The lowest BCUT2D eigenvalue weighted by molar-refractivity contribution is -0.155. The van der Waals surface area contributed by atoms with E-state index in [1.54, 1.807) is 20.8 Å². The number of carboxylic acid groups (broad SMARTS) is 1. The highest BCUT2D eigenvalue weighted by Gasteiger charge is 2.80. The fraction of sp³-hybridized carbons (Fsp3) is 0.833. The second-order valence-corrected chi connectivity index (χ2v) is 6.24. The number of ether oxygens (including phenoxy) is 1. The van der Waals surface area contributed by atoms with Gasteiger partial charge in [-0.05, 0) is 20.8 Å². The maximum atomic E-state index is 13.3. The van der Waals surface area contributed by atoms with E-state index in [4.69, 9.17) is 9.84 Å². The molecule has 1 aliphatic carbocycles. The summed E-state index contributed by atoms with van der Waals surface area (Å²) in [6.07, 6.45) is -1.23. The highest BCUT2D eigenvalue weighted by molar-refractivity contribution is 5.82. The fourth-order valence-electron chi connectivity index (χ4n) is 2.42. The maximum Gasteiger partial charge on any atom is 0.410 e. The average Bonchev–Trinajstić information content (AvgIpc) is 2.63. The SMILES string of the molecule is CC(C)(C)OC(=O)N1CC(C2(C(=O)O)CC2(F)F)C1. The van der Waals surface area contributed by atoms with Gasteiger partial charge in [0.1, 0.15) is 11.0 Å². The molecule has 1 saturated heterocycles. The number of hydrogen-bond donors (Lipinski definition) is 1. The normalized spacial score (nSPS) is 29.6. The summed E-state index contributed by atoms with van der Waals surface area (Å²) in [7, 11) is 0. The Morgan fingerprint density at radius 1 is 1.32 bits per heavy atom. The Kier molecular flexibility index (Phi) is 2.80. The van der Waals surface area contributed by atoms with Crippen LogP contribution in [0.25, 0.3) is 0 Å². The van der Waals surface area contributed by atoms with Crippen LogP contribution in [0.15, 0.2) is 0 Å². The average molecular weight is 277 g/mol. The molecule has 1 N–H and O–H groups in total. The Balaban J connectivity index is 1.94. The number of carbonyl (C=O) groups excluding carboxylic acids is 1. The van der Waals surface area contributed by atoms with Crippen LogP contribution in [0, 0.1) is 11.3 Å². The van der Waals surface area contributed by atoms with Crippen molar-refractivity contribution < 1.29 is 28.2 Å². The largest absolute Gasteiger partial charge is 0.481 e. The molecule has 2 aliphatic rings. The lowest BCUT2D eigenvalue weighted by Crippen LogP contribution is -2.57. The summed E-state index contributed by atoms with van der Waals surface area (Å²) in [6, 6.07) is 0. The molecule has 1 amide bonds. The first-order valence-corrected chi connectivity index (χ1v) is 6.09. The number of likely N-dealkylation sites (tertiary alicyclic amines) is 1. The van der Waals surface area contributed by atoms with Gasteiger partial charge in [0.2, 0.25) is 0 Å². The number of hydrogen-bond acceptors (Lipinski definition) is 3. The Bertz CT molecular complexity index is 426. The number of amides is 1. The minimum absolute atomic E-state index is 0.0107. The van der Waals surface area contributed by atoms with Crippen molar-refractivity contribution in [2.75, 3.05) is 13.1 Å². The molecule has 1 aliphatic heterocycles. The van der Waals surface area contributed by atoms with Crippen LogP contribution in [-0.4, -0.2) is 46.7 Å².